The van der Waals surface area contributed by atoms with Gasteiger partial charge in [-0.1, -0.05) is 187 Å². The second-order valence-electron chi connectivity index (χ2n) is 15.9. The summed E-state index contributed by atoms with van der Waals surface area (Å²) in [6, 6.07) is 0. The first-order valence-corrected chi connectivity index (χ1v) is 25.2. The number of hydrogen-bond acceptors (Lipinski definition) is 6. The van der Waals surface area contributed by atoms with E-state index in [2.05, 4.69) is 154 Å². The predicted octanol–water partition coefficient (Wildman–Crippen LogP) is 16.7. The molecule has 0 aromatic rings. The van der Waals surface area contributed by atoms with Crippen LogP contribution >= 0.6 is 0 Å². The van der Waals surface area contributed by atoms with Crippen molar-refractivity contribution in [3.05, 3.63) is 134 Å². The molecule has 0 aliphatic carbocycles. The Bertz CT molecular complexity index is 1430. The first-order valence-electron chi connectivity index (χ1n) is 25.2. The molecule has 0 saturated carbocycles. The van der Waals surface area contributed by atoms with Crippen LogP contribution in [0.1, 0.15) is 194 Å². The zero-order chi connectivity index (χ0) is 46.5. The van der Waals surface area contributed by atoms with Crippen LogP contribution in [-0.2, 0) is 28.6 Å². The Morgan fingerprint density at radius 2 is 0.578 bits per heavy atom. The molecule has 0 amide bonds. The largest absolute Gasteiger partial charge is 0.462 e. The summed E-state index contributed by atoms with van der Waals surface area (Å²) in [7, 11) is 0. The molecule has 6 heteroatoms. The molecule has 0 fully saturated rings. The van der Waals surface area contributed by atoms with Crippen LogP contribution < -0.4 is 0 Å². The molecular weight excluding hydrogens is 793 g/mol. The first kappa shape index (κ1) is 59.5. The second kappa shape index (κ2) is 51.2. The molecule has 6 nitrogen and oxygen atoms in total. The number of unbranched alkanes of at least 4 members (excludes halogenated alkanes) is 10. The Labute approximate surface area is 392 Å². The number of ether oxygens (including phenoxy) is 3. The summed E-state index contributed by atoms with van der Waals surface area (Å²) in [6.07, 6.45) is 71.6. The molecule has 0 aliphatic rings. The minimum atomic E-state index is -0.825. The summed E-state index contributed by atoms with van der Waals surface area (Å²) >= 11 is 0. The second-order valence-corrected chi connectivity index (χ2v) is 15.9. The van der Waals surface area contributed by atoms with Crippen molar-refractivity contribution >= 4 is 17.9 Å². The van der Waals surface area contributed by atoms with E-state index in [1.54, 1.807) is 0 Å². The van der Waals surface area contributed by atoms with E-state index in [1.165, 1.54) is 12.8 Å². The van der Waals surface area contributed by atoms with Crippen molar-refractivity contribution in [2.45, 2.75) is 200 Å². The molecule has 0 heterocycles. The monoisotopic (exact) mass is 883 g/mol. The van der Waals surface area contributed by atoms with Crippen LogP contribution in [0.5, 0.6) is 0 Å². The van der Waals surface area contributed by atoms with Gasteiger partial charge in [-0.15, -0.1) is 0 Å². The van der Waals surface area contributed by atoms with Crippen molar-refractivity contribution in [1.82, 2.24) is 0 Å². The third-order valence-electron chi connectivity index (χ3n) is 9.88. The van der Waals surface area contributed by atoms with Gasteiger partial charge < -0.3 is 14.2 Å². The van der Waals surface area contributed by atoms with Crippen molar-refractivity contribution < 1.29 is 28.6 Å². The van der Waals surface area contributed by atoms with Crippen molar-refractivity contribution in [3.63, 3.8) is 0 Å². The molecule has 0 radical (unpaired) electrons. The quantitative estimate of drug-likeness (QED) is 0.0263. The standard InChI is InChI=1S/C58H90O6/c1-4-7-10-13-16-19-22-24-26-28-29-30-32-33-36-39-42-45-48-51-57(60)63-54-55(53-62-56(59)50-47-44-41-38-35-21-18-15-12-9-6-3)64-58(61)52-49-46-43-40-37-34-31-27-25-23-20-17-14-11-8-5-2/h7-12,16-21,24-27,29-30,34,37-38,41,55H,4-6,13-15,22-23,28,31-33,35-36,39-40,42-54H2,1-3H3/b10-7-,11-8-,12-9-,19-16-,20-17-,21-18-,26-24-,27-25-,30-29-,37-34-,41-38-. The van der Waals surface area contributed by atoms with Gasteiger partial charge in [0, 0.05) is 19.3 Å². The number of esters is 3. The van der Waals surface area contributed by atoms with Gasteiger partial charge in [0.15, 0.2) is 6.10 Å². The zero-order valence-electron chi connectivity index (χ0n) is 40.7. The van der Waals surface area contributed by atoms with Gasteiger partial charge in [-0.2, -0.15) is 0 Å². The summed E-state index contributed by atoms with van der Waals surface area (Å²) in [6.45, 7) is 6.18. The van der Waals surface area contributed by atoms with Gasteiger partial charge in [-0.05, 0) is 122 Å². The molecule has 64 heavy (non-hydrogen) atoms. The number of rotatable bonds is 43. The molecule has 358 valence electrons. The fourth-order valence-corrected chi connectivity index (χ4v) is 6.21. The highest BCUT2D eigenvalue weighted by Crippen LogP contribution is 2.12. The molecule has 0 aromatic heterocycles. The summed E-state index contributed by atoms with van der Waals surface area (Å²) in [5.74, 6) is -1.03. The van der Waals surface area contributed by atoms with E-state index in [1.807, 2.05) is 0 Å². The van der Waals surface area contributed by atoms with Gasteiger partial charge in [0.2, 0.25) is 0 Å². The van der Waals surface area contributed by atoms with Crippen LogP contribution in [0.4, 0.5) is 0 Å². The molecule has 0 rings (SSSR count). The Kier molecular flexibility index (Phi) is 47.6. The Morgan fingerprint density at radius 3 is 0.953 bits per heavy atom. The van der Waals surface area contributed by atoms with E-state index >= 15 is 0 Å². The van der Waals surface area contributed by atoms with Gasteiger partial charge in [0.25, 0.3) is 0 Å². The average molecular weight is 883 g/mol. The highest BCUT2D eigenvalue weighted by atomic mass is 16.6. The van der Waals surface area contributed by atoms with Crippen LogP contribution in [0.2, 0.25) is 0 Å². The van der Waals surface area contributed by atoms with E-state index in [0.717, 1.165) is 128 Å². The lowest BCUT2D eigenvalue weighted by Gasteiger charge is -2.18. The van der Waals surface area contributed by atoms with Crippen molar-refractivity contribution in [2.24, 2.45) is 0 Å². The fraction of sp³-hybridized carbons (Fsp3) is 0.569. The SMILES string of the molecule is CC/C=C\C/C=C\C/C=C\C/C=C\CCCCCCCCC(=O)OCC(COC(=O)CCC/C=C\C/C=C\C/C=C\CC)OC(=O)CCCCC/C=C\C/C=C\C/C=C\C/C=C\CC. The smallest absolute Gasteiger partial charge is 0.306 e. The molecule has 0 saturated heterocycles. The van der Waals surface area contributed by atoms with Gasteiger partial charge >= 0.3 is 17.9 Å². The summed E-state index contributed by atoms with van der Waals surface area (Å²) in [5, 5.41) is 0. The molecule has 0 aliphatic heterocycles. The summed E-state index contributed by atoms with van der Waals surface area (Å²) in [4.78, 5) is 37.9. The molecule has 0 aromatic carbocycles. The lowest BCUT2D eigenvalue weighted by atomic mass is 10.1. The predicted molar refractivity (Wildman–Crippen MR) is 274 cm³/mol. The topological polar surface area (TPSA) is 78.9 Å². The van der Waals surface area contributed by atoms with Crippen LogP contribution in [-0.4, -0.2) is 37.2 Å². The van der Waals surface area contributed by atoms with Crippen LogP contribution in [0.3, 0.4) is 0 Å². The van der Waals surface area contributed by atoms with Crippen molar-refractivity contribution in [3.8, 4) is 0 Å². The lowest BCUT2D eigenvalue weighted by Crippen LogP contribution is -2.30. The normalized spacial score (nSPS) is 13.2. The highest BCUT2D eigenvalue weighted by molar-refractivity contribution is 5.71. The molecule has 0 N–H and O–H groups in total. The minimum absolute atomic E-state index is 0.120. The number of hydrogen-bond donors (Lipinski definition) is 0. The number of carbonyl (C=O) groups excluding carboxylic acids is 3. The molecular formula is C58H90O6. The summed E-state index contributed by atoms with van der Waals surface area (Å²) < 4.78 is 16.7. The summed E-state index contributed by atoms with van der Waals surface area (Å²) in [5.41, 5.74) is 0. The minimum Gasteiger partial charge on any atom is -0.462 e. The van der Waals surface area contributed by atoms with E-state index in [4.69, 9.17) is 14.2 Å². The van der Waals surface area contributed by atoms with E-state index < -0.39 is 6.10 Å². The number of allylic oxidation sites excluding steroid dienone is 22. The van der Waals surface area contributed by atoms with Crippen molar-refractivity contribution in [2.75, 3.05) is 13.2 Å². The Hall–Kier alpha value is -4.45. The molecule has 1 unspecified atom stereocenters. The third kappa shape index (κ3) is 48.6. The van der Waals surface area contributed by atoms with Gasteiger partial charge in [-0.3, -0.25) is 14.4 Å². The van der Waals surface area contributed by atoms with Gasteiger partial charge in [0.05, 0.1) is 0 Å². The van der Waals surface area contributed by atoms with E-state index in [-0.39, 0.29) is 44.0 Å². The van der Waals surface area contributed by atoms with Crippen LogP contribution in [0.15, 0.2) is 134 Å². The third-order valence-corrected chi connectivity index (χ3v) is 9.88. The zero-order valence-corrected chi connectivity index (χ0v) is 40.7. The average Bonchev–Trinajstić information content (AvgIpc) is 3.29. The first-order chi connectivity index (χ1) is 31.5. The lowest BCUT2D eigenvalue weighted by molar-refractivity contribution is -0.167. The maximum atomic E-state index is 12.8. The van der Waals surface area contributed by atoms with E-state index in [9.17, 15) is 14.4 Å². The maximum Gasteiger partial charge on any atom is 0.306 e. The maximum absolute atomic E-state index is 12.8. The van der Waals surface area contributed by atoms with Crippen molar-refractivity contribution in [1.29, 1.82) is 0 Å². The molecule has 1 atom stereocenters. The van der Waals surface area contributed by atoms with Gasteiger partial charge in [0.1, 0.15) is 13.2 Å². The Balaban J connectivity index is 4.51. The fourth-order valence-electron chi connectivity index (χ4n) is 6.21. The highest BCUT2D eigenvalue weighted by Gasteiger charge is 2.19. The molecule has 0 bridgehead atoms. The van der Waals surface area contributed by atoms with E-state index in [0.29, 0.717) is 19.3 Å². The van der Waals surface area contributed by atoms with Gasteiger partial charge in [-0.25, -0.2) is 0 Å². The van der Waals surface area contributed by atoms with Crippen LogP contribution in [0, 0.1) is 0 Å². The van der Waals surface area contributed by atoms with Crippen LogP contribution in [0.25, 0.3) is 0 Å². The molecule has 0 spiro atoms. The Morgan fingerprint density at radius 1 is 0.312 bits per heavy atom. The number of carbonyl (C=O) groups is 3.